The Morgan fingerprint density at radius 3 is 2.37 bits per heavy atom. The van der Waals surface area contributed by atoms with Gasteiger partial charge in [-0.3, -0.25) is 14.5 Å². The Bertz CT molecular complexity index is 1410. The zero-order valence-electron chi connectivity index (χ0n) is 20.5. The first kappa shape index (κ1) is 28.1. The number of amides is 2. The monoisotopic (exact) mass is 587 g/mol. The maximum Gasteiger partial charge on any atom is 0.293 e. The first-order chi connectivity index (χ1) is 18.3. The highest BCUT2D eigenvalue weighted by Crippen LogP contribution is 2.38. The largest absolute Gasteiger partial charge is 0.490 e. The van der Waals surface area contributed by atoms with Crippen molar-refractivity contribution in [2.75, 3.05) is 6.61 Å². The van der Waals surface area contributed by atoms with E-state index < -0.39 is 0 Å². The summed E-state index contributed by atoms with van der Waals surface area (Å²) in [6.07, 6.45) is 3.96. The molecular formula is C29H24Cl3NO4S. The van der Waals surface area contributed by atoms with Crippen LogP contribution in [0.3, 0.4) is 0 Å². The average molecular weight is 589 g/mol. The van der Waals surface area contributed by atoms with Crippen molar-refractivity contribution in [3.63, 3.8) is 0 Å². The molecule has 0 aliphatic carbocycles. The van der Waals surface area contributed by atoms with Crippen LogP contribution in [0.4, 0.5) is 4.79 Å². The highest BCUT2D eigenvalue weighted by molar-refractivity contribution is 8.18. The molecule has 0 spiro atoms. The predicted molar refractivity (Wildman–Crippen MR) is 155 cm³/mol. The molecule has 0 saturated carbocycles. The van der Waals surface area contributed by atoms with Crippen LogP contribution < -0.4 is 9.47 Å². The SMILES string of the molecule is C=CCc1cc(/C=C2/SC(=O)N(Cc3ccc(Cl)cc3)C2=O)cc(OCC)c1OCc1ccc(Cl)cc1Cl. The lowest BCUT2D eigenvalue weighted by Gasteiger charge is -2.17. The normalized spacial score (nSPS) is 14.3. The van der Waals surface area contributed by atoms with Gasteiger partial charge >= 0.3 is 0 Å². The van der Waals surface area contributed by atoms with Crippen LogP contribution in [-0.4, -0.2) is 22.7 Å². The van der Waals surface area contributed by atoms with E-state index in [1.165, 1.54) is 4.90 Å². The number of nitrogens with zero attached hydrogens (tertiary/aromatic N) is 1. The lowest BCUT2D eigenvalue weighted by Crippen LogP contribution is -2.27. The first-order valence-corrected chi connectivity index (χ1v) is 13.7. The van der Waals surface area contributed by atoms with Crippen molar-refractivity contribution in [3.8, 4) is 11.5 Å². The van der Waals surface area contributed by atoms with Gasteiger partial charge in [-0.15, -0.1) is 6.58 Å². The van der Waals surface area contributed by atoms with E-state index in [4.69, 9.17) is 44.3 Å². The van der Waals surface area contributed by atoms with Gasteiger partial charge in [0.25, 0.3) is 11.1 Å². The summed E-state index contributed by atoms with van der Waals surface area (Å²) in [4.78, 5) is 27.3. The molecule has 1 aliphatic heterocycles. The molecule has 3 aromatic rings. The van der Waals surface area contributed by atoms with E-state index in [0.717, 1.165) is 28.5 Å². The Labute approximate surface area is 241 Å². The maximum atomic E-state index is 13.1. The number of halogens is 3. The van der Waals surface area contributed by atoms with Gasteiger partial charge in [-0.25, -0.2) is 0 Å². The van der Waals surface area contributed by atoms with Gasteiger partial charge in [-0.1, -0.05) is 59.1 Å². The molecule has 0 unspecified atom stereocenters. The number of hydrogen-bond donors (Lipinski definition) is 0. The van der Waals surface area contributed by atoms with Crippen LogP contribution in [0.15, 0.2) is 72.2 Å². The van der Waals surface area contributed by atoms with Crippen molar-refractivity contribution in [3.05, 3.63) is 109 Å². The van der Waals surface area contributed by atoms with E-state index >= 15 is 0 Å². The van der Waals surface area contributed by atoms with Crippen molar-refractivity contribution < 1.29 is 19.1 Å². The van der Waals surface area contributed by atoms with Gasteiger partial charge in [0, 0.05) is 26.2 Å². The van der Waals surface area contributed by atoms with Gasteiger partial charge in [0.05, 0.1) is 18.1 Å². The zero-order chi connectivity index (χ0) is 27.2. The van der Waals surface area contributed by atoms with E-state index in [0.29, 0.717) is 50.1 Å². The lowest BCUT2D eigenvalue weighted by molar-refractivity contribution is -0.123. The number of imide groups is 1. The molecule has 1 heterocycles. The Hall–Kier alpha value is -2.90. The topological polar surface area (TPSA) is 55.8 Å². The minimum Gasteiger partial charge on any atom is -0.490 e. The molecule has 2 amide bonds. The van der Waals surface area contributed by atoms with Crippen molar-refractivity contribution in [1.29, 1.82) is 0 Å². The number of benzene rings is 3. The summed E-state index contributed by atoms with van der Waals surface area (Å²) in [5, 5.41) is 1.31. The summed E-state index contributed by atoms with van der Waals surface area (Å²) in [5.74, 6) is 0.727. The summed E-state index contributed by atoms with van der Waals surface area (Å²) in [6, 6.07) is 16.0. The molecule has 4 rings (SSSR count). The summed E-state index contributed by atoms with van der Waals surface area (Å²) < 4.78 is 12.1. The van der Waals surface area contributed by atoms with Gasteiger partial charge in [0.1, 0.15) is 6.61 Å². The summed E-state index contributed by atoms with van der Waals surface area (Å²) in [6.45, 7) is 6.53. The number of carbonyl (C=O) groups excluding carboxylic acids is 2. The molecule has 38 heavy (non-hydrogen) atoms. The van der Waals surface area contributed by atoms with Crippen molar-refractivity contribution in [2.24, 2.45) is 0 Å². The Balaban J connectivity index is 1.61. The third kappa shape index (κ3) is 6.75. The van der Waals surface area contributed by atoms with Gasteiger partial charge in [-0.2, -0.15) is 0 Å². The van der Waals surface area contributed by atoms with E-state index in [1.807, 2.05) is 19.1 Å². The Morgan fingerprint density at radius 2 is 1.68 bits per heavy atom. The minimum absolute atomic E-state index is 0.172. The molecule has 5 nitrogen and oxygen atoms in total. The molecule has 1 fully saturated rings. The van der Waals surface area contributed by atoms with E-state index in [2.05, 4.69) is 6.58 Å². The average Bonchev–Trinajstić information content (AvgIpc) is 3.13. The van der Waals surface area contributed by atoms with Crippen LogP contribution in [0.5, 0.6) is 11.5 Å². The molecular weight excluding hydrogens is 565 g/mol. The van der Waals surface area contributed by atoms with E-state index in [-0.39, 0.29) is 24.3 Å². The third-order valence-corrected chi connectivity index (χ3v) is 7.38. The van der Waals surface area contributed by atoms with Gasteiger partial charge in [-0.05, 0) is 78.7 Å². The molecule has 0 aromatic heterocycles. The van der Waals surface area contributed by atoms with Crippen LogP contribution in [-0.2, 0) is 24.4 Å². The predicted octanol–water partition coefficient (Wildman–Crippen LogP) is 8.59. The summed E-state index contributed by atoms with van der Waals surface area (Å²) in [5.41, 5.74) is 3.12. The second-order valence-electron chi connectivity index (χ2n) is 8.35. The summed E-state index contributed by atoms with van der Waals surface area (Å²) >= 11 is 19.2. The van der Waals surface area contributed by atoms with Gasteiger partial charge < -0.3 is 9.47 Å². The van der Waals surface area contributed by atoms with Crippen molar-refractivity contribution in [1.82, 2.24) is 4.90 Å². The minimum atomic E-state index is -0.351. The Kier molecular flexibility index (Phi) is 9.44. The number of carbonyl (C=O) groups is 2. The quantitative estimate of drug-likeness (QED) is 0.175. The van der Waals surface area contributed by atoms with Crippen LogP contribution in [0.25, 0.3) is 6.08 Å². The molecule has 9 heteroatoms. The summed E-state index contributed by atoms with van der Waals surface area (Å²) in [7, 11) is 0. The molecule has 196 valence electrons. The standard InChI is InChI=1S/C29H24Cl3NO4S/c1-3-5-20-12-19(13-25(36-4-2)27(20)37-17-21-8-11-23(31)15-24(21)32)14-26-28(34)33(29(35)38-26)16-18-6-9-22(30)10-7-18/h3,6-15H,1,4-5,16-17H2,2H3/b26-14+. The van der Waals surface area contributed by atoms with E-state index in [1.54, 1.807) is 54.6 Å². The molecule has 0 radical (unpaired) electrons. The highest BCUT2D eigenvalue weighted by atomic mass is 35.5. The molecule has 1 saturated heterocycles. The number of allylic oxidation sites excluding steroid dienone is 1. The molecule has 0 N–H and O–H groups in total. The van der Waals surface area contributed by atoms with Crippen LogP contribution >= 0.6 is 46.6 Å². The number of thioether (sulfide) groups is 1. The van der Waals surface area contributed by atoms with Crippen LogP contribution in [0.2, 0.25) is 15.1 Å². The van der Waals surface area contributed by atoms with Crippen LogP contribution in [0.1, 0.15) is 29.2 Å². The van der Waals surface area contributed by atoms with Crippen LogP contribution in [0, 0.1) is 0 Å². The second-order valence-corrected chi connectivity index (χ2v) is 10.6. The first-order valence-electron chi connectivity index (χ1n) is 11.8. The van der Waals surface area contributed by atoms with Crippen molar-refractivity contribution >= 4 is 63.8 Å². The second kappa shape index (κ2) is 12.8. The Morgan fingerprint density at radius 1 is 0.947 bits per heavy atom. The lowest BCUT2D eigenvalue weighted by atomic mass is 10.0. The van der Waals surface area contributed by atoms with Crippen molar-refractivity contribution in [2.45, 2.75) is 26.5 Å². The number of ether oxygens (including phenoxy) is 2. The third-order valence-electron chi connectivity index (χ3n) is 5.63. The molecule has 1 aliphatic rings. The fraction of sp³-hybridized carbons (Fsp3) is 0.172. The molecule has 0 bridgehead atoms. The fourth-order valence-electron chi connectivity index (χ4n) is 3.85. The highest BCUT2D eigenvalue weighted by Gasteiger charge is 2.35. The number of rotatable bonds is 10. The molecule has 0 atom stereocenters. The molecule has 3 aromatic carbocycles. The fourth-order valence-corrected chi connectivity index (χ4v) is 5.28. The smallest absolute Gasteiger partial charge is 0.293 e. The number of hydrogen-bond acceptors (Lipinski definition) is 5. The maximum absolute atomic E-state index is 13.1. The van der Waals surface area contributed by atoms with Gasteiger partial charge in [0.2, 0.25) is 0 Å². The van der Waals surface area contributed by atoms with E-state index in [9.17, 15) is 9.59 Å². The zero-order valence-corrected chi connectivity index (χ0v) is 23.6. The van der Waals surface area contributed by atoms with Gasteiger partial charge in [0.15, 0.2) is 11.5 Å².